The number of rotatable bonds is 7. The minimum Gasteiger partial charge on any atom is -0.391 e. The molecule has 20 heavy (non-hydrogen) atoms. The lowest BCUT2D eigenvalue weighted by Gasteiger charge is -2.21. The second-order valence-electron chi connectivity index (χ2n) is 4.94. The molecule has 0 bridgehead atoms. The van der Waals surface area contributed by atoms with Gasteiger partial charge in [-0.05, 0) is 18.9 Å². The Labute approximate surface area is 124 Å². The van der Waals surface area contributed by atoms with Crippen molar-refractivity contribution in [2.24, 2.45) is 0 Å². The summed E-state index contributed by atoms with van der Waals surface area (Å²) < 4.78 is 32.1. The summed E-state index contributed by atoms with van der Waals surface area (Å²) >= 11 is 1.24. The monoisotopic (exact) mass is 319 g/mol. The van der Waals surface area contributed by atoms with Crippen molar-refractivity contribution in [2.75, 3.05) is 13.2 Å². The van der Waals surface area contributed by atoms with Gasteiger partial charge in [-0.1, -0.05) is 19.3 Å². The van der Waals surface area contributed by atoms with Crippen LogP contribution in [0.15, 0.2) is 16.3 Å². The van der Waals surface area contributed by atoms with Crippen LogP contribution in [0, 0.1) is 0 Å². The predicted molar refractivity (Wildman–Crippen MR) is 78.3 cm³/mol. The molecule has 0 radical (unpaired) electrons. The van der Waals surface area contributed by atoms with Gasteiger partial charge in [0.15, 0.2) is 0 Å². The Hall–Kier alpha value is -0.470. The normalized spacial score (nSPS) is 17.4. The number of nitrogens with one attached hydrogen (secondary N) is 1. The number of aliphatic hydroxyl groups excluding tert-OH is 1. The first-order chi connectivity index (χ1) is 9.62. The van der Waals surface area contributed by atoms with E-state index in [1.165, 1.54) is 42.0 Å². The quantitative estimate of drug-likeness (QED) is 0.752. The first-order valence-corrected chi connectivity index (χ1v) is 9.27. The molecule has 0 unspecified atom stereocenters. The Morgan fingerprint density at radius 1 is 1.35 bits per heavy atom. The van der Waals surface area contributed by atoms with Gasteiger partial charge >= 0.3 is 0 Å². The fraction of sp³-hybridized carbons (Fsp3) is 0.692. The minimum absolute atomic E-state index is 0.134. The molecule has 1 aliphatic carbocycles. The van der Waals surface area contributed by atoms with E-state index in [4.69, 9.17) is 9.84 Å². The number of sulfonamides is 1. The highest BCUT2D eigenvalue weighted by atomic mass is 32.2. The van der Waals surface area contributed by atoms with Gasteiger partial charge in [-0.3, -0.25) is 0 Å². The number of ether oxygens (including phenoxy) is 1. The van der Waals surface area contributed by atoms with E-state index in [-0.39, 0.29) is 24.2 Å². The fourth-order valence-corrected chi connectivity index (χ4v) is 4.45. The van der Waals surface area contributed by atoms with Crippen LogP contribution in [0.25, 0.3) is 0 Å². The Morgan fingerprint density at radius 2 is 2.10 bits per heavy atom. The molecule has 0 amide bonds. The van der Waals surface area contributed by atoms with Gasteiger partial charge in [0, 0.05) is 16.8 Å². The van der Waals surface area contributed by atoms with Crippen molar-refractivity contribution in [3.05, 3.63) is 16.3 Å². The lowest BCUT2D eigenvalue weighted by atomic mass is 9.98. The molecule has 0 atom stereocenters. The fourth-order valence-electron chi connectivity index (χ4n) is 2.30. The Kier molecular flexibility index (Phi) is 5.98. The van der Waals surface area contributed by atoms with Gasteiger partial charge in [0.1, 0.15) is 0 Å². The molecule has 1 aliphatic rings. The van der Waals surface area contributed by atoms with Crippen LogP contribution in [0.4, 0.5) is 0 Å². The number of hydrogen-bond donors (Lipinski definition) is 2. The third kappa shape index (κ3) is 4.53. The summed E-state index contributed by atoms with van der Waals surface area (Å²) in [5.41, 5.74) is 0. The number of hydrogen-bond acceptors (Lipinski definition) is 5. The molecule has 7 heteroatoms. The van der Waals surface area contributed by atoms with Gasteiger partial charge in [-0.2, -0.15) is 0 Å². The molecule has 114 valence electrons. The van der Waals surface area contributed by atoms with Crippen molar-refractivity contribution in [2.45, 2.75) is 49.7 Å². The van der Waals surface area contributed by atoms with Gasteiger partial charge in [0.2, 0.25) is 10.0 Å². The van der Waals surface area contributed by atoms with Crippen LogP contribution in [0.3, 0.4) is 0 Å². The molecular formula is C13H21NO4S2. The second kappa shape index (κ2) is 7.51. The minimum atomic E-state index is -3.48. The van der Waals surface area contributed by atoms with E-state index in [0.29, 0.717) is 11.5 Å². The summed E-state index contributed by atoms with van der Waals surface area (Å²) in [5, 5.41) is 10.5. The zero-order valence-corrected chi connectivity index (χ0v) is 13.0. The van der Waals surface area contributed by atoms with Crippen molar-refractivity contribution in [1.29, 1.82) is 0 Å². The van der Waals surface area contributed by atoms with Crippen LogP contribution in [0.2, 0.25) is 0 Å². The van der Waals surface area contributed by atoms with Crippen LogP contribution < -0.4 is 4.72 Å². The standard InChI is InChI=1S/C13H21NO4S2/c15-9-12-8-13(10-19-12)20(16,17)14-6-7-18-11-4-2-1-3-5-11/h8,10-11,14-15H,1-7,9H2. The van der Waals surface area contributed by atoms with E-state index in [0.717, 1.165) is 12.8 Å². The molecule has 0 spiro atoms. The summed E-state index contributed by atoms with van der Waals surface area (Å²) in [6.07, 6.45) is 6.13. The summed E-state index contributed by atoms with van der Waals surface area (Å²) in [5.74, 6) is 0. The van der Waals surface area contributed by atoms with Crippen LogP contribution in [-0.4, -0.2) is 32.8 Å². The van der Waals surface area contributed by atoms with E-state index in [9.17, 15) is 8.42 Å². The van der Waals surface area contributed by atoms with Crippen molar-refractivity contribution in [1.82, 2.24) is 4.72 Å². The zero-order chi connectivity index (χ0) is 14.4. The average molecular weight is 319 g/mol. The maximum absolute atomic E-state index is 12.0. The van der Waals surface area contributed by atoms with Crippen LogP contribution in [0.5, 0.6) is 0 Å². The van der Waals surface area contributed by atoms with E-state index >= 15 is 0 Å². The molecule has 2 rings (SSSR count). The summed E-state index contributed by atoms with van der Waals surface area (Å²) in [7, 11) is -3.48. The molecule has 0 aromatic carbocycles. The highest BCUT2D eigenvalue weighted by molar-refractivity contribution is 7.89. The third-order valence-corrected chi connectivity index (χ3v) is 5.91. The molecule has 1 aromatic heterocycles. The summed E-state index contributed by atoms with van der Waals surface area (Å²) in [6.45, 7) is 0.551. The van der Waals surface area contributed by atoms with Crippen molar-refractivity contribution >= 4 is 21.4 Å². The first kappa shape index (κ1) is 15.9. The van der Waals surface area contributed by atoms with Gasteiger partial charge in [0.05, 0.1) is 24.2 Å². The Bertz CT molecular complexity index is 506. The summed E-state index contributed by atoms with van der Waals surface area (Å²) in [4.78, 5) is 0.855. The van der Waals surface area contributed by atoms with Gasteiger partial charge < -0.3 is 9.84 Å². The lowest BCUT2D eigenvalue weighted by molar-refractivity contribution is 0.0321. The second-order valence-corrected chi connectivity index (χ2v) is 7.70. The van der Waals surface area contributed by atoms with Crippen molar-refractivity contribution in [3.8, 4) is 0 Å². The molecule has 0 saturated heterocycles. The van der Waals surface area contributed by atoms with Crippen molar-refractivity contribution in [3.63, 3.8) is 0 Å². The van der Waals surface area contributed by atoms with Crippen molar-refractivity contribution < 1.29 is 18.3 Å². The maximum Gasteiger partial charge on any atom is 0.241 e. The van der Waals surface area contributed by atoms with E-state index in [1.807, 2.05) is 0 Å². The van der Waals surface area contributed by atoms with Gasteiger partial charge in [-0.25, -0.2) is 13.1 Å². The molecule has 0 aliphatic heterocycles. The lowest BCUT2D eigenvalue weighted by Crippen LogP contribution is -2.29. The average Bonchev–Trinajstić information content (AvgIpc) is 2.95. The van der Waals surface area contributed by atoms with Crippen LogP contribution >= 0.6 is 11.3 Å². The smallest absolute Gasteiger partial charge is 0.241 e. The molecule has 1 aromatic rings. The first-order valence-electron chi connectivity index (χ1n) is 6.91. The largest absolute Gasteiger partial charge is 0.391 e. The van der Waals surface area contributed by atoms with Gasteiger partial charge in [0.25, 0.3) is 0 Å². The Balaban J connectivity index is 1.74. The molecule has 1 heterocycles. The summed E-state index contributed by atoms with van der Waals surface area (Å²) in [6, 6.07) is 1.50. The van der Waals surface area contributed by atoms with Crippen LogP contribution in [-0.2, 0) is 21.4 Å². The molecule has 1 fully saturated rings. The van der Waals surface area contributed by atoms with Gasteiger partial charge in [-0.15, -0.1) is 11.3 Å². The zero-order valence-electron chi connectivity index (χ0n) is 11.4. The predicted octanol–water partition coefficient (Wildman–Crippen LogP) is 1.87. The third-order valence-electron chi connectivity index (χ3n) is 3.40. The highest BCUT2D eigenvalue weighted by Gasteiger charge is 2.17. The number of aliphatic hydroxyl groups is 1. The molecule has 1 saturated carbocycles. The molecule has 5 nitrogen and oxygen atoms in total. The SMILES string of the molecule is O=S(=O)(NCCOC1CCCCC1)c1csc(CO)c1. The molecule has 2 N–H and O–H groups in total. The number of thiophene rings is 1. The van der Waals surface area contributed by atoms with E-state index in [2.05, 4.69) is 4.72 Å². The highest BCUT2D eigenvalue weighted by Crippen LogP contribution is 2.20. The molecular weight excluding hydrogens is 298 g/mol. The van der Waals surface area contributed by atoms with E-state index in [1.54, 1.807) is 0 Å². The van der Waals surface area contributed by atoms with Crippen LogP contribution in [0.1, 0.15) is 37.0 Å². The topological polar surface area (TPSA) is 75.6 Å². The maximum atomic E-state index is 12.0. The van der Waals surface area contributed by atoms with E-state index < -0.39 is 10.0 Å². The Morgan fingerprint density at radius 3 is 2.75 bits per heavy atom.